The quantitative estimate of drug-likeness (QED) is 0.673. The van der Waals surface area contributed by atoms with Gasteiger partial charge in [-0.2, -0.15) is 0 Å². The van der Waals surface area contributed by atoms with Gasteiger partial charge in [-0.15, -0.1) is 11.3 Å². The van der Waals surface area contributed by atoms with Crippen molar-refractivity contribution in [1.29, 1.82) is 0 Å². The van der Waals surface area contributed by atoms with E-state index in [0.29, 0.717) is 0 Å². The fourth-order valence-corrected chi connectivity index (χ4v) is 3.74. The molecule has 1 fully saturated rings. The van der Waals surface area contributed by atoms with Gasteiger partial charge in [0.2, 0.25) is 0 Å². The van der Waals surface area contributed by atoms with Crippen LogP contribution in [-0.2, 0) is 17.6 Å². The molecule has 2 rings (SSSR count). The van der Waals surface area contributed by atoms with Gasteiger partial charge in [0.05, 0.1) is 13.2 Å². The minimum atomic E-state index is 0.926. The molecule has 0 N–H and O–H groups in total. The second kappa shape index (κ2) is 8.72. The highest BCUT2D eigenvalue weighted by Gasteiger charge is 2.09. The minimum Gasteiger partial charge on any atom is -0.379 e. The van der Waals surface area contributed by atoms with E-state index in [1.165, 1.54) is 45.1 Å². The molecule has 1 aromatic heterocycles. The third-order valence-corrected chi connectivity index (χ3v) is 4.92. The molecule has 0 bridgehead atoms. The van der Waals surface area contributed by atoms with Gasteiger partial charge in [-0.05, 0) is 44.4 Å². The fourth-order valence-electron chi connectivity index (χ4n) is 2.57. The van der Waals surface area contributed by atoms with E-state index in [9.17, 15) is 0 Å². The lowest BCUT2D eigenvalue weighted by Gasteiger charge is -2.26. The molecule has 0 spiro atoms. The van der Waals surface area contributed by atoms with Gasteiger partial charge in [0.15, 0.2) is 0 Å². The summed E-state index contributed by atoms with van der Waals surface area (Å²) >= 11 is 2.02. The van der Waals surface area contributed by atoms with E-state index in [-0.39, 0.29) is 0 Å². The van der Waals surface area contributed by atoms with Gasteiger partial charge in [0, 0.05) is 22.8 Å². The van der Waals surface area contributed by atoms with Gasteiger partial charge in [0.25, 0.3) is 0 Å². The number of rotatable bonds is 8. The first-order valence-electron chi connectivity index (χ1n) is 7.76. The van der Waals surface area contributed by atoms with E-state index in [2.05, 4.69) is 24.0 Å². The van der Waals surface area contributed by atoms with Crippen LogP contribution in [0.15, 0.2) is 12.1 Å². The van der Waals surface area contributed by atoms with E-state index < -0.39 is 0 Å². The molecule has 1 aliphatic rings. The summed E-state index contributed by atoms with van der Waals surface area (Å²) in [6, 6.07) is 4.65. The van der Waals surface area contributed by atoms with Crippen LogP contribution in [0.25, 0.3) is 0 Å². The third-order valence-electron chi connectivity index (χ3n) is 3.71. The molecule has 19 heavy (non-hydrogen) atoms. The maximum atomic E-state index is 5.37. The van der Waals surface area contributed by atoms with Crippen LogP contribution in [0, 0.1) is 0 Å². The maximum absolute atomic E-state index is 5.37. The van der Waals surface area contributed by atoms with Crippen LogP contribution in [-0.4, -0.2) is 37.7 Å². The van der Waals surface area contributed by atoms with Crippen LogP contribution in [0.5, 0.6) is 0 Å². The fraction of sp³-hybridized carbons (Fsp3) is 0.750. The smallest absolute Gasteiger partial charge is 0.0594 e. The van der Waals surface area contributed by atoms with Crippen molar-refractivity contribution in [3.63, 3.8) is 0 Å². The Balaban J connectivity index is 1.53. The topological polar surface area (TPSA) is 12.5 Å². The predicted octanol–water partition coefficient (Wildman–Crippen LogP) is 3.75. The molecule has 0 unspecified atom stereocenters. The molecule has 0 aromatic carbocycles. The van der Waals surface area contributed by atoms with Crippen LogP contribution in [0.2, 0.25) is 0 Å². The Labute approximate surface area is 121 Å². The molecule has 0 amide bonds. The summed E-state index contributed by atoms with van der Waals surface area (Å²) in [4.78, 5) is 5.68. The van der Waals surface area contributed by atoms with Crippen molar-refractivity contribution in [1.82, 2.24) is 4.90 Å². The third kappa shape index (κ3) is 5.64. The highest BCUT2D eigenvalue weighted by atomic mass is 32.1. The van der Waals surface area contributed by atoms with Gasteiger partial charge in [0.1, 0.15) is 0 Å². The lowest BCUT2D eigenvalue weighted by Crippen LogP contribution is -2.36. The average Bonchev–Trinajstić information content (AvgIpc) is 2.88. The number of ether oxygens (including phenoxy) is 1. The van der Waals surface area contributed by atoms with Crippen molar-refractivity contribution in [3.05, 3.63) is 21.9 Å². The molecule has 0 saturated carbocycles. The van der Waals surface area contributed by atoms with E-state index >= 15 is 0 Å². The lowest BCUT2D eigenvalue weighted by atomic mass is 10.1. The predicted molar refractivity (Wildman–Crippen MR) is 83.1 cm³/mol. The number of thiophene rings is 1. The molecule has 1 aromatic rings. The zero-order valence-corrected chi connectivity index (χ0v) is 13.0. The second-order valence-electron chi connectivity index (χ2n) is 5.38. The molecular weight excluding hydrogens is 254 g/mol. The van der Waals surface area contributed by atoms with Crippen LogP contribution in [0.3, 0.4) is 0 Å². The first kappa shape index (κ1) is 15.0. The number of morpholine rings is 1. The van der Waals surface area contributed by atoms with Crippen molar-refractivity contribution >= 4 is 11.3 Å². The Kier molecular flexibility index (Phi) is 6.90. The lowest BCUT2D eigenvalue weighted by molar-refractivity contribution is 0.0371. The van der Waals surface area contributed by atoms with Gasteiger partial charge in [-0.3, -0.25) is 4.90 Å². The Hall–Kier alpha value is -0.380. The molecule has 2 nitrogen and oxygen atoms in total. The standard InChI is InChI=1S/C16H27NOS/c1-2-6-15-8-9-16(19-15)7-4-3-5-10-17-11-13-18-14-12-17/h8-9H,2-7,10-14H2,1H3. The monoisotopic (exact) mass is 281 g/mol. The molecule has 2 heterocycles. The zero-order valence-electron chi connectivity index (χ0n) is 12.2. The normalized spacial score (nSPS) is 16.9. The van der Waals surface area contributed by atoms with Crippen LogP contribution in [0.4, 0.5) is 0 Å². The number of hydrogen-bond acceptors (Lipinski definition) is 3. The SMILES string of the molecule is CCCc1ccc(CCCCCN2CCOCC2)s1. The number of unbranched alkanes of at least 4 members (excludes halogenated alkanes) is 2. The van der Waals surface area contributed by atoms with E-state index in [4.69, 9.17) is 4.74 Å². The van der Waals surface area contributed by atoms with Crippen molar-refractivity contribution in [2.75, 3.05) is 32.8 Å². The van der Waals surface area contributed by atoms with Gasteiger partial charge in [-0.25, -0.2) is 0 Å². The molecule has 108 valence electrons. The molecule has 1 aliphatic heterocycles. The molecule has 1 saturated heterocycles. The van der Waals surface area contributed by atoms with Crippen molar-refractivity contribution in [3.8, 4) is 0 Å². The maximum Gasteiger partial charge on any atom is 0.0594 e. The molecule has 0 atom stereocenters. The first-order valence-corrected chi connectivity index (χ1v) is 8.58. The highest BCUT2D eigenvalue weighted by molar-refractivity contribution is 7.11. The summed E-state index contributed by atoms with van der Waals surface area (Å²) in [7, 11) is 0. The van der Waals surface area contributed by atoms with E-state index in [0.717, 1.165) is 26.3 Å². The summed E-state index contributed by atoms with van der Waals surface area (Å²) in [5, 5.41) is 0. The summed E-state index contributed by atoms with van der Waals surface area (Å²) < 4.78 is 5.37. The van der Waals surface area contributed by atoms with Crippen LogP contribution in [0.1, 0.15) is 42.4 Å². The largest absolute Gasteiger partial charge is 0.379 e. The molecular formula is C16H27NOS. The van der Waals surface area contributed by atoms with E-state index in [1.807, 2.05) is 11.3 Å². The van der Waals surface area contributed by atoms with E-state index in [1.54, 1.807) is 9.75 Å². The highest BCUT2D eigenvalue weighted by Crippen LogP contribution is 2.20. The summed E-state index contributed by atoms with van der Waals surface area (Å²) in [6.45, 7) is 7.63. The Morgan fingerprint density at radius 1 is 1.05 bits per heavy atom. The Bertz CT molecular complexity index is 344. The van der Waals surface area contributed by atoms with Crippen molar-refractivity contribution in [2.45, 2.75) is 45.4 Å². The van der Waals surface area contributed by atoms with Crippen LogP contribution < -0.4 is 0 Å². The minimum absolute atomic E-state index is 0.926. The van der Waals surface area contributed by atoms with Gasteiger partial charge >= 0.3 is 0 Å². The summed E-state index contributed by atoms with van der Waals surface area (Å²) in [6.07, 6.45) is 7.83. The average molecular weight is 281 g/mol. The second-order valence-corrected chi connectivity index (χ2v) is 6.64. The number of hydrogen-bond donors (Lipinski definition) is 0. The molecule has 0 aliphatic carbocycles. The number of aryl methyl sites for hydroxylation is 2. The summed E-state index contributed by atoms with van der Waals surface area (Å²) in [5.74, 6) is 0. The Morgan fingerprint density at radius 3 is 2.53 bits per heavy atom. The number of nitrogens with zero attached hydrogens (tertiary/aromatic N) is 1. The molecule has 3 heteroatoms. The zero-order chi connectivity index (χ0) is 13.3. The Morgan fingerprint density at radius 2 is 1.79 bits per heavy atom. The van der Waals surface area contributed by atoms with Crippen LogP contribution >= 0.6 is 11.3 Å². The molecule has 0 radical (unpaired) electrons. The van der Waals surface area contributed by atoms with Crippen molar-refractivity contribution < 1.29 is 4.74 Å². The van der Waals surface area contributed by atoms with Gasteiger partial charge < -0.3 is 4.74 Å². The van der Waals surface area contributed by atoms with Gasteiger partial charge in [-0.1, -0.05) is 19.8 Å². The summed E-state index contributed by atoms with van der Waals surface area (Å²) in [5.41, 5.74) is 0. The first-order chi connectivity index (χ1) is 9.38. The van der Waals surface area contributed by atoms with Crippen molar-refractivity contribution in [2.24, 2.45) is 0 Å².